The van der Waals surface area contributed by atoms with Crippen LogP contribution in [0, 0.1) is 17.8 Å². The van der Waals surface area contributed by atoms with Gasteiger partial charge in [-0.15, -0.1) is 23.2 Å². The van der Waals surface area contributed by atoms with Crippen molar-refractivity contribution in [1.82, 2.24) is 4.90 Å². The Morgan fingerprint density at radius 1 is 0.816 bits per heavy atom. The molecule has 1 saturated heterocycles. The average Bonchev–Trinajstić information content (AvgIpc) is 3.18. The van der Waals surface area contributed by atoms with Crippen LogP contribution in [0.25, 0.3) is 0 Å². The number of halogens is 3. The number of imide groups is 1. The summed E-state index contributed by atoms with van der Waals surface area (Å²) in [5.74, 6) is -4.08. The number of amides is 2. The molecule has 194 valence electrons. The van der Waals surface area contributed by atoms with Crippen LogP contribution in [-0.2, 0) is 35.5 Å². The number of hydrogen-bond acceptors (Lipinski definition) is 4. The second kappa shape index (κ2) is 8.84. The first kappa shape index (κ1) is 25.4. The van der Waals surface area contributed by atoms with Gasteiger partial charge in [-0.05, 0) is 34.2 Å². The number of hydrogen-bond donors (Lipinski definition) is 0. The molecular weight excluding hydrogens is 545 g/mol. The highest BCUT2D eigenvalue weighted by Crippen LogP contribution is 2.69. The van der Waals surface area contributed by atoms with E-state index in [2.05, 4.69) is 0 Å². The lowest BCUT2D eigenvalue weighted by atomic mass is 9.54. The van der Waals surface area contributed by atoms with E-state index in [1.54, 1.807) is 38.1 Å². The van der Waals surface area contributed by atoms with Gasteiger partial charge in [-0.3, -0.25) is 14.5 Å². The minimum Gasteiger partial charge on any atom is -0.459 e. The van der Waals surface area contributed by atoms with E-state index < -0.39 is 51.3 Å². The molecule has 7 rings (SSSR count). The van der Waals surface area contributed by atoms with Crippen molar-refractivity contribution in [1.29, 1.82) is 0 Å². The summed E-state index contributed by atoms with van der Waals surface area (Å²) in [5.41, 5.74) is 3.47. The maximum absolute atomic E-state index is 14.2. The highest BCUT2D eigenvalue weighted by atomic mass is 35.5. The summed E-state index contributed by atoms with van der Waals surface area (Å²) in [6.45, 7) is 3.46. The first-order valence-corrected chi connectivity index (χ1v) is 13.6. The number of carbonyl (C=O) groups is 3. The third-order valence-electron chi connectivity index (χ3n) is 8.10. The van der Waals surface area contributed by atoms with Gasteiger partial charge in [0.1, 0.15) is 22.4 Å². The van der Waals surface area contributed by atoms with Gasteiger partial charge >= 0.3 is 5.97 Å². The molecule has 0 unspecified atom stereocenters. The normalized spacial score (nSPS) is 27.7. The topological polar surface area (TPSA) is 63.7 Å². The predicted molar refractivity (Wildman–Crippen MR) is 145 cm³/mol. The van der Waals surface area contributed by atoms with Crippen LogP contribution in [0.5, 0.6) is 0 Å². The fourth-order valence-electron chi connectivity index (χ4n) is 6.49. The van der Waals surface area contributed by atoms with Crippen LogP contribution >= 0.6 is 34.8 Å². The fraction of sp³-hybridized carbons (Fsp3) is 0.300. The van der Waals surface area contributed by atoms with Gasteiger partial charge in [0.25, 0.3) is 0 Å². The zero-order chi connectivity index (χ0) is 27.0. The molecule has 2 amide bonds. The molecule has 0 N–H and O–H groups in total. The molecule has 3 aliphatic carbocycles. The predicted octanol–water partition coefficient (Wildman–Crippen LogP) is 6.00. The minimum absolute atomic E-state index is 0.0828. The Kier molecular flexibility index (Phi) is 5.91. The van der Waals surface area contributed by atoms with Gasteiger partial charge in [0.2, 0.25) is 11.8 Å². The maximum atomic E-state index is 14.2. The van der Waals surface area contributed by atoms with Crippen LogP contribution in [0.1, 0.15) is 41.7 Å². The van der Waals surface area contributed by atoms with Gasteiger partial charge in [0.15, 0.2) is 0 Å². The Morgan fingerprint density at radius 2 is 1.24 bits per heavy atom. The molecule has 38 heavy (non-hydrogen) atoms. The average molecular weight is 569 g/mol. The van der Waals surface area contributed by atoms with Crippen molar-refractivity contribution in [3.8, 4) is 0 Å². The highest BCUT2D eigenvalue weighted by Gasteiger charge is 2.74. The molecule has 1 heterocycles. The number of ether oxygens (including phenoxy) is 1. The summed E-state index contributed by atoms with van der Waals surface area (Å²) in [4.78, 5) is 40.3. The molecule has 0 spiro atoms. The van der Waals surface area contributed by atoms with Crippen LogP contribution in [-0.4, -0.2) is 28.7 Å². The number of benzene rings is 3. The second-order valence-corrected chi connectivity index (χ2v) is 12.0. The number of nitrogens with zero attached hydrogens (tertiary/aromatic N) is 1. The largest absolute Gasteiger partial charge is 0.459 e. The molecule has 3 aromatic rings. The molecule has 0 saturated carbocycles. The van der Waals surface area contributed by atoms with Gasteiger partial charge in [-0.2, -0.15) is 0 Å². The zero-order valence-corrected chi connectivity index (χ0v) is 22.9. The molecule has 8 heteroatoms. The van der Waals surface area contributed by atoms with Crippen molar-refractivity contribution >= 4 is 52.6 Å². The Balaban J connectivity index is 1.43. The molecular formula is C30H24Cl3NO4. The van der Waals surface area contributed by atoms with Gasteiger partial charge in [-0.1, -0.05) is 92.2 Å². The van der Waals surface area contributed by atoms with E-state index in [-0.39, 0.29) is 6.61 Å². The first-order chi connectivity index (χ1) is 18.1. The fourth-order valence-corrected chi connectivity index (χ4v) is 7.78. The molecule has 3 aromatic carbocycles. The van der Waals surface area contributed by atoms with Gasteiger partial charge in [-0.25, -0.2) is 4.79 Å². The molecule has 3 atom stereocenters. The molecule has 4 aliphatic rings. The Labute approximate surface area is 235 Å². The number of alkyl halides is 2. The standard InChI is InChI=1S/C30H24Cl3NO4/c1-16(2)25(28(37)38-15-17-9-3-8-14-22(17)31)34-26(35)23-24(27(34)36)30(33)19-11-5-4-10-18(19)29(23,32)20-12-6-7-13-21(20)30/h3-14,16,23-25H,15H2,1-2H3/t23-,24-,25-,29?,30?/m0/s1. The lowest BCUT2D eigenvalue weighted by Gasteiger charge is -2.54. The van der Waals surface area contributed by atoms with Crippen molar-refractivity contribution < 1.29 is 19.1 Å². The summed E-state index contributed by atoms with van der Waals surface area (Å²) in [7, 11) is 0. The molecule has 1 fully saturated rings. The van der Waals surface area contributed by atoms with Gasteiger partial charge < -0.3 is 4.74 Å². The SMILES string of the molecule is CC(C)[C@@H](C(=O)OCc1ccccc1Cl)N1C(=O)[C@@H]2[C@@H](C1=O)C1(Cl)c3ccccc3C2(Cl)c2ccccc21. The summed E-state index contributed by atoms with van der Waals surface area (Å²) in [6.07, 6.45) is 0. The van der Waals surface area contributed by atoms with Crippen molar-refractivity contribution in [3.05, 3.63) is 106 Å². The summed E-state index contributed by atoms with van der Waals surface area (Å²) in [6, 6.07) is 20.7. The van der Waals surface area contributed by atoms with E-state index in [1.165, 1.54) is 0 Å². The monoisotopic (exact) mass is 567 g/mol. The van der Waals surface area contributed by atoms with Crippen LogP contribution in [0.15, 0.2) is 72.8 Å². The number of likely N-dealkylation sites (tertiary alicyclic amines) is 1. The summed E-state index contributed by atoms with van der Waals surface area (Å²) < 4.78 is 5.60. The van der Waals surface area contributed by atoms with Crippen LogP contribution in [0.4, 0.5) is 0 Å². The molecule has 0 radical (unpaired) electrons. The van der Waals surface area contributed by atoms with Gasteiger partial charge in [0.05, 0.1) is 11.8 Å². The first-order valence-electron chi connectivity index (χ1n) is 12.5. The van der Waals surface area contributed by atoms with Crippen LogP contribution < -0.4 is 0 Å². The molecule has 1 aliphatic heterocycles. The van der Waals surface area contributed by atoms with E-state index >= 15 is 0 Å². The Morgan fingerprint density at radius 3 is 1.66 bits per heavy atom. The zero-order valence-electron chi connectivity index (χ0n) is 20.7. The van der Waals surface area contributed by atoms with Crippen molar-refractivity contribution in [2.24, 2.45) is 17.8 Å². The van der Waals surface area contributed by atoms with E-state index in [1.807, 2.05) is 48.5 Å². The van der Waals surface area contributed by atoms with E-state index in [0.717, 1.165) is 4.90 Å². The second-order valence-electron chi connectivity index (χ2n) is 10.4. The highest BCUT2D eigenvalue weighted by molar-refractivity contribution is 6.36. The van der Waals surface area contributed by atoms with Gasteiger partial charge in [0, 0.05) is 10.6 Å². The van der Waals surface area contributed by atoms with Crippen molar-refractivity contribution in [3.63, 3.8) is 0 Å². The maximum Gasteiger partial charge on any atom is 0.329 e. The smallest absolute Gasteiger partial charge is 0.329 e. The third kappa shape index (κ3) is 3.22. The van der Waals surface area contributed by atoms with E-state index in [4.69, 9.17) is 39.5 Å². The number of rotatable bonds is 5. The molecule has 5 nitrogen and oxygen atoms in total. The third-order valence-corrected chi connectivity index (χ3v) is 9.75. The Bertz CT molecular complexity index is 1380. The molecule has 2 bridgehead atoms. The van der Waals surface area contributed by atoms with E-state index in [0.29, 0.717) is 32.8 Å². The van der Waals surface area contributed by atoms with E-state index in [9.17, 15) is 14.4 Å². The van der Waals surface area contributed by atoms with Crippen LogP contribution in [0.3, 0.4) is 0 Å². The number of esters is 1. The number of carbonyl (C=O) groups excluding carboxylic acids is 3. The molecule has 0 aromatic heterocycles. The summed E-state index contributed by atoms with van der Waals surface area (Å²) in [5, 5.41) is 0.459. The van der Waals surface area contributed by atoms with Crippen LogP contribution in [0.2, 0.25) is 5.02 Å². The summed E-state index contributed by atoms with van der Waals surface area (Å²) >= 11 is 21.2. The quantitative estimate of drug-likeness (QED) is 0.215. The minimum atomic E-state index is -1.31. The lowest BCUT2D eigenvalue weighted by molar-refractivity contribution is -0.162. The van der Waals surface area contributed by atoms with Crippen molar-refractivity contribution in [2.75, 3.05) is 0 Å². The Hall–Kier alpha value is -2.86. The lowest BCUT2D eigenvalue weighted by Crippen LogP contribution is -2.57. The van der Waals surface area contributed by atoms with Crippen molar-refractivity contribution in [2.45, 2.75) is 36.2 Å².